The van der Waals surface area contributed by atoms with Crippen molar-refractivity contribution in [2.75, 3.05) is 16.8 Å². The summed E-state index contributed by atoms with van der Waals surface area (Å²) in [5, 5.41) is 3.47. The summed E-state index contributed by atoms with van der Waals surface area (Å²) >= 11 is 7.28. The Bertz CT molecular complexity index is 631. The van der Waals surface area contributed by atoms with Crippen molar-refractivity contribution in [1.29, 1.82) is 0 Å². The van der Waals surface area contributed by atoms with Gasteiger partial charge < -0.3 is 11.1 Å². The number of halogens is 1. The molecule has 0 bridgehead atoms. The molecular weight excluding hydrogens is 292 g/mol. The van der Waals surface area contributed by atoms with Gasteiger partial charge in [0.2, 0.25) is 5.91 Å². The number of nitrogens with two attached hydrogens (primary N) is 1. The lowest BCUT2D eigenvalue weighted by atomic mass is 10.2. The van der Waals surface area contributed by atoms with Crippen molar-refractivity contribution in [3.05, 3.63) is 53.1 Å². The summed E-state index contributed by atoms with van der Waals surface area (Å²) in [5.74, 6) is 0.221. The van der Waals surface area contributed by atoms with E-state index in [1.807, 2.05) is 31.2 Å². The van der Waals surface area contributed by atoms with E-state index in [-0.39, 0.29) is 5.91 Å². The lowest BCUT2D eigenvalue weighted by Gasteiger charge is -2.07. The van der Waals surface area contributed by atoms with Gasteiger partial charge in [-0.2, -0.15) is 0 Å². The molecule has 3 N–H and O–H groups in total. The molecule has 20 heavy (non-hydrogen) atoms. The van der Waals surface area contributed by atoms with E-state index in [0.29, 0.717) is 16.5 Å². The lowest BCUT2D eigenvalue weighted by Crippen LogP contribution is -2.14. The molecule has 0 radical (unpaired) electrons. The van der Waals surface area contributed by atoms with Gasteiger partial charge in [-0.1, -0.05) is 23.7 Å². The van der Waals surface area contributed by atoms with Crippen LogP contribution in [0.2, 0.25) is 5.02 Å². The molecule has 0 aliphatic carbocycles. The summed E-state index contributed by atoms with van der Waals surface area (Å²) in [6.07, 6.45) is 0. The quantitative estimate of drug-likeness (QED) is 0.664. The van der Waals surface area contributed by atoms with Crippen molar-refractivity contribution >= 4 is 40.6 Å². The van der Waals surface area contributed by atoms with Gasteiger partial charge in [0.25, 0.3) is 0 Å². The molecular formula is C15H15ClN2OS. The van der Waals surface area contributed by atoms with E-state index in [4.69, 9.17) is 17.3 Å². The molecule has 104 valence electrons. The predicted molar refractivity (Wildman–Crippen MR) is 86.4 cm³/mol. The highest BCUT2D eigenvalue weighted by molar-refractivity contribution is 8.00. The number of rotatable bonds is 4. The minimum Gasteiger partial charge on any atom is -0.398 e. The number of benzene rings is 2. The molecule has 0 aromatic heterocycles. The van der Waals surface area contributed by atoms with E-state index in [9.17, 15) is 4.79 Å². The number of hydrogen-bond acceptors (Lipinski definition) is 3. The maximum Gasteiger partial charge on any atom is 0.234 e. The Hall–Kier alpha value is -1.65. The number of nitrogens with one attached hydrogen (secondary N) is 1. The standard InChI is InChI=1S/C15H15ClN2OS/c1-10-3-2-4-12(7-10)18-15(19)9-20-14-8-11(16)5-6-13(14)17/h2-8H,9,17H2,1H3,(H,18,19). The van der Waals surface area contributed by atoms with Crippen LogP contribution in [0.5, 0.6) is 0 Å². The topological polar surface area (TPSA) is 55.1 Å². The Morgan fingerprint density at radius 2 is 2.10 bits per heavy atom. The molecule has 3 nitrogen and oxygen atoms in total. The predicted octanol–water partition coefficient (Wildman–Crippen LogP) is 3.96. The normalized spacial score (nSPS) is 10.3. The van der Waals surface area contributed by atoms with Gasteiger partial charge in [-0.05, 0) is 42.8 Å². The molecule has 0 saturated carbocycles. The van der Waals surface area contributed by atoms with Gasteiger partial charge in [-0.3, -0.25) is 4.79 Å². The zero-order valence-electron chi connectivity index (χ0n) is 11.0. The van der Waals surface area contributed by atoms with Crippen molar-refractivity contribution in [1.82, 2.24) is 0 Å². The molecule has 2 aromatic carbocycles. The number of amides is 1. The molecule has 0 aliphatic rings. The molecule has 0 fully saturated rings. The van der Waals surface area contributed by atoms with Gasteiger partial charge >= 0.3 is 0 Å². The van der Waals surface area contributed by atoms with E-state index in [0.717, 1.165) is 16.1 Å². The number of aryl methyl sites for hydroxylation is 1. The van der Waals surface area contributed by atoms with Crippen molar-refractivity contribution in [3.8, 4) is 0 Å². The fourth-order valence-electron chi connectivity index (χ4n) is 1.70. The Kier molecular flexibility index (Phi) is 4.93. The summed E-state index contributed by atoms with van der Waals surface area (Å²) in [6.45, 7) is 1.98. The highest BCUT2D eigenvalue weighted by Crippen LogP contribution is 2.28. The number of thioether (sulfide) groups is 1. The van der Waals surface area contributed by atoms with Gasteiger partial charge in [-0.15, -0.1) is 11.8 Å². The Morgan fingerprint density at radius 3 is 2.85 bits per heavy atom. The molecule has 0 heterocycles. The van der Waals surface area contributed by atoms with Crippen molar-refractivity contribution in [2.24, 2.45) is 0 Å². The smallest absolute Gasteiger partial charge is 0.234 e. The monoisotopic (exact) mass is 306 g/mol. The van der Waals surface area contributed by atoms with Crippen LogP contribution in [0, 0.1) is 6.92 Å². The van der Waals surface area contributed by atoms with Gasteiger partial charge in [0.1, 0.15) is 0 Å². The Labute approximate surface area is 127 Å². The SMILES string of the molecule is Cc1cccc(NC(=O)CSc2cc(Cl)ccc2N)c1. The zero-order chi connectivity index (χ0) is 14.5. The van der Waals surface area contributed by atoms with E-state index < -0.39 is 0 Å². The molecule has 0 atom stereocenters. The van der Waals surface area contributed by atoms with E-state index in [1.165, 1.54) is 11.8 Å². The van der Waals surface area contributed by atoms with Gasteiger partial charge in [-0.25, -0.2) is 0 Å². The number of anilines is 2. The minimum atomic E-state index is -0.0695. The van der Waals surface area contributed by atoms with Crippen LogP contribution in [0.25, 0.3) is 0 Å². The van der Waals surface area contributed by atoms with Crippen LogP contribution >= 0.6 is 23.4 Å². The fraction of sp³-hybridized carbons (Fsp3) is 0.133. The first-order valence-electron chi connectivity index (χ1n) is 6.09. The van der Waals surface area contributed by atoms with E-state index in [2.05, 4.69) is 5.32 Å². The highest BCUT2D eigenvalue weighted by atomic mass is 35.5. The first-order valence-corrected chi connectivity index (χ1v) is 7.45. The average Bonchev–Trinajstić information content (AvgIpc) is 2.40. The third-order valence-corrected chi connectivity index (χ3v) is 3.94. The third kappa shape index (κ3) is 4.18. The summed E-state index contributed by atoms with van der Waals surface area (Å²) in [4.78, 5) is 12.7. The number of hydrogen-bond donors (Lipinski definition) is 2. The minimum absolute atomic E-state index is 0.0695. The van der Waals surface area contributed by atoms with Crippen LogP contribution in [-0.2, 0) is 4.79 Å². The van der Waals surface area contributed by atoms with Crippen LogP contribution in [0.15, 0.2) is 47.4 Å². The maximum atomic E-state index is 11.9. The van der Waals surface area contributed by atoms with Crippen molar-refractivity contribution in [3.63, 3.8) is 0 Å². The Balaban J connectivity index is 1.94. The molecule has 0 saturated heterocycles. The van der Waals surface area contributed by atoms with Crippen molar-refractivity contribution in [2.45, 2.75) is 11.8 Å². The zero-order valence-corrected chi connectivity index (χ0v) is 12.6. The molecule has 0 spiro atoms. The summed E-state index contributed by atoms with van der Waals surface area (Å²) in [5.41, 5.74) is 8.37. The fourth-order valence-corrected chi connectivity index (χ4v) is 2.74. The average molecular weight is 307 g/mol. The molecule has 2 aromatic rings. The second kappa shape index (κ2) is 6.68. The van der Waals surface area contributed by atoms with E-state index in [1.54, 1.807) is 18.2 Å². The molecule has 0 aliphatic heterocycles. The summed E-state index contributed by atoms with van der Waals surface area (Å²) < 4.78 is 0. The van der Waals surface area contributed by atoms with Crippen LogP contribution < -0.4 is 11.1 Å². The maximum absolute atomic E-state index is 11.9. The third-order valence-electron chi connectivity index (χ3n) is 2.64. The highest BCUT2D eigenvalue weighted by Gasteiger charge is 2.06. The largest absolute Gasteiger partial charge is 0.398 e. The number of carbonyl (C=O) groups excluding carboxylic acids is 1. The van der Waals surface area contributed by atoms with Gasteiger partial charge in [0, 0.05) is 21.3 Å². The van der Waals surface area contributed by atoms with Crippen LogP contribution in [0.1, 0.15) is 5.56 Å². The second-order valence-electron chi connectivity index (χ2n) is 4.39. The van der Waals surface area contributed by atoms with E-state index >= 15 is 0 Å². The molecule has 2 rings (SSSR count). The van der Waals surface area contributed by atoms with Gasteiger partial charge in [0.05, 0.1) is 5.75 Å². The Morgan fingerprint density at radius 1 is 1.30 bits per heavy atom. The molecule has 5 heteroatoms. The van der Waals surface area contributed by atoms with Crippen LogP contribution in [0.4, 0.5) is 11.4 Å². The number of nitrogen functional groups attached to an aromatic ring is 1. The first-order chi connectivity index (χ1) is 9.54. The summed E-state index contributed by atoms with van der Waals surface area (Å²) in [7, 11) is 0. The van der Waals surface area contributed by atoms with Crippen molar-refractivity contribution < 1.29 is 4.79 Å². The van der Waals surface area contributed by atoms with Gasteiger partial charge in [0.15, 0.2) is 0 Å². The summed E-state index contributed by atoms with van der Waals surface area (Å²) in [6, 6.07) is 12.9. The van der Waals surface area contributed by atoms with Crippen LogP contribution in [0.3, 0.4) is 0 Å². The molecule has 0 unspecified atom stereocenters. The molecule has 1 amide bonds. The first kappa shape index (κ1) is 14.8. The van der Waals surface area contributed by atoms with Crippen LogP contribution in [-0.4, -0.2) is 11.7 Å². The second-order valence-corrected chi connectivity index (χ2v) is 5.84. The number of carbonyl (C=O) groups is 1. The lowest BCUT2D eigenvalue weighted by molar-refractivity contribution is -0.113.